The molecule has 88 valence electrons. The largest absolute Gasteiger partial charge is 0.494 e. The molecule has 0 aromatic heterocycles. The zero-order valence-electron chi connectivity index (χ0n) is 9.37. The van der Waals surface area contributed by atoms with Gasteiger partial charge in [0.15, 0.2) is 11.6 Å². The van der Waals surface area contributed by atoms with Gasteiger partial charge in [0.2, 0.25) is 0 Å². The lowest BCUT2D eigenvalue weighted by molar-refractivity contribution is -0.0319. The van der Waals surface area contributed by atoms with E-state index in [0.29, 0.717) is 18.6 Å². The van der Waals surface area contributed by atoms with Gasteiger partial charge in [0.1, 0.15) is 5.60 Å². The lowest BCUT2D eigenvalue weighted by atomic mass is 9.88. The summed E-state index contributed by atoms with van der Waals surface area (Å²) < 4.78 is 23.7. The van der Waals surface area contributed by atoms with Crippen molar-refractivity contribution >= 4 is 0 Å². The van der Waals surface area contributed by atoms with E-state index in [1.165, 1.54) is 19.2 Å². The number of halogens is 1. The molecule has 0 saturated carbocycles. The van der Waals surface area contributed by atoms with E-state index in [1.807, 2.05) is 0 Å². The van der Waals surface area contributed by atoms with Gasteiger partial charge in [-0.05, 0) is 24.6 Å². The smallest absolute Gasteiger partial charge is 0.165 e. The molecular formula is C12H15FO3. The molecule has 0 bridgehead atoms. The minimum absolute atomic E-state index is 0.180. The first kappa shape index (κ1) is 11.4. The van der Waals surface area contributed by atoms with Crippen molar-refractivity contribution in [2.24, 2.45) is 0 Å². The summed E-state index contributed by atoms with van der Waals surface area (Å²) >= 11 is 0. The van der Waals surface area contributed by atoms with Gasteiger partial charge in [-0.2, -0.15) is 0 Å². The summed E-state index contributed by atoms with van der Waals surface area (Å²) in [5, 5.41) is 10.4. The fourth-order valence-corrected chi connectivity index (χ4v) is 2.05. The van der Waals surface area contributed by atoms with E-state index in [0.717, 1.165) is 0 Å². The third-order valence-electron chi connectivity index (χ3n) is 3.18. The summed E-state index contributed by atoms with van der Waals surface area (Å²) in [6.45, 7) is 2.28. The molecule has 0 amide bonds. The maximum absolute atomic E-state index is 13.5. The van der Waals surface area contributed by atoms with Crippen LogP contribution in [0.5, 0.6) is 5.75 Å². The molecule has 1 fully saturated rings. The van der Waals surface area contributed by atoms with Crippen LogP contribution in [0.25, 0.3) is 0 Å². The quantitative estimate of drug-likeness (QED) is 0.836. The predicted molar refractivity (Wildman–Crippen MR) is 56.9 cm³/mol. The first-order valence-corrected chi connectivity index (χ1v) is 5.26. The summed E-state index contributed by atoms with van der Waals surface area (Å²) in [7, 11) is 1.41. The Labute approximate surface area is 93.8 Å². The van der Waals surface area contributed by atoms with Gasteiger partial charge in [-0.3, -0.25) is 0 Å². The molecule has 1 heterocycles. The van der Waals surface area contributed by atoms with Gasteiger partial charge < -0.3 is 14.6 Å². The first-order chi connectivity index (χ1) is 7.58. The lowest BCUT2D eigenvalue weighted by Gasteiger charge is -2.26. The Morgan fingerprint density at radius 1 is 1.56 bits per heavy atom. The van der Waals surface area contributed by atoms with Crippen molar-refractivity contribution in [1.29, 1.82) is 0 Å². The van der Waals surface area contributed by atoms with E-state index in [9.17, 15) is 9.50 Å². The van der Waals surface area contributed by atoms with E-state index in [-0.39, 0.29) is 11.9 Å². The van der Waals surface area contributed by atoms with Gasteiger partial charge in [0, 0.05) is 6.42 Å². The van der Waals surface area contributed by atoms with Crippen LogP contribution in [-0.4, -0.2) is 24.9 Å². The van der Waals surface area contributed by atoms with Crippen LogP contribution in [-0.2, 0) is 10.3 Å². The third-order valence-corrected chi connectivity index (χ3v) is 3.18. The molecule has 2 atom stereocenters. The maximum atomic E-state index is 13.5. The van der Waals surface area contributed by atoms with E-state index < -0.39 is 11.4 Å². The third kappa shape index (κ3) is 1.68. The molecule has 3 nitrogen and oxygen atoms in total. The van der Waals surface area contributed by atoms with Crippen molar-refractivity contribution in [3.8, 4) is 5.75 Å². The number of hydrogen-bond donors (Lipinski definition) is 1. The Kier molecular flexibility index (Phi) is 2.86. The number of benzene rings is 1. The van der Waals surface area contributed by atoms with Gasteiger partial charge in [-0.15, -0.1) is 0 Å². The molecule has 16 heavy (non-hydrogen) atoms. The number of ether oxygens (including phenoxy) is 2. The van der Waals surface area contributed by atoms with Crippen molar-refractivity contribution < 1.29 is 19.0 Å². The van der Waals surface area contributed by atoms with E-state index in [4.69, 9.17) is 9.47 Å². The van der Waals surface area contributed by atoms with Crippen molar-refractivity contribution in [2.75, 3.05) is 13.7 Å². The van der Waals surface area contributed by atoms with Gasteiger partial charge in [0.05, 0.1) is 19.8 Å². The summed E-state index contributed by atoms with van der Waals surface area (Å²) in [6.07, 6.45) is 0.167. The van der Waals surface area contributed by atoms with Crippen LogP contribution in [0, 0.1) is 5.82 Å². The zero-order valence-corrected chi connectivity index (χ0v) is 9.37. The van der Waals surface area contributed by atoms with Crippen LogP contribution in [0.2, 0.25) is 0 Å². The molecule has 1 N–H and O–H groups in total. The van der Waals surface area contributed by atoms with Crippen molar-refractivity contribution in [3.63, 3.8) is 0 Å². The number of methoxy groups -OCH3 is 1. The second-order valence-electron chi connectivity index (χ2n) is 4.04. The van der Waals surface area contributed by atoms with Gasteiger partial charge >= 0.3 is 0 Å². The van der Waals surface area contributed by atoms with E-state index in [1.54, 1.807) is 13.0 Å². The van der Waals surface area contributed by atoms with Crippen LogP contribution in [0.15, 0.2) is 18.2 Å². The van der Waals surface area contributed by atoms with Gasteiger partial charge in [0.25, 0.3) is 0 Å². The van der Waals surface area contributed by atoms with Crippen LogP contribution < -0.4 is 4.74 Å². The number of aliphatic hydroxyl groups is 1. The number of hydrogen-bond acceptors (Lipinski definition) is 3. The summed E-state index contributed by atoms with van der Waals surface area (Å²) in [4.78, 5) is 0. The van der Waals surface area contributed by atoms with Gasteiger partial charge in [-0.1, -0.05) is 6.07 Å². The lowest BCUT2D eigenvalue weighted by Crippen LogP contribution is -2.33. The molecule has 1 aromatic carbocycles. The van der Waals surface area contributed by atoms with E-state index in [2.05, 4.69) is 0 Å². The van der Waals surface area contributed by atoms with Crippen LogP contribution >= 0.6 is 0 Å². The Hall–Kier alpha value is -1.13. The number of rotatable bonds is 2. The molecule has 1 aliphatic heterocycles. The molecule has 0 aliphatic carbocycles. The topological polar surface area (TPSA) is 38.7 Å². The second-order valence-corrected chi connectivity index (χ2v) is 4.04. The fraction of sp³-hybridized carbons (Fsp3) is 0.500. The first-order valence-electron chi connectivity index (χ1n) is 5.26. The van der Waals surface area contributed by atoms with Crippen LogP contribution in [0.4, 0.5) is 4.39 Å². The SMILES string of the molecule is COc1ccc(C2(O)CCOC2C)cc1F. The Morgan fingerprint density at radius 3 is 2.81 bits per heavy atom. The van der Waals surface area contributed by atoms with Crippen molar-refractivity contribution in [1.82, 2.24) is 0 Å². The van der Waals surface area contributed by atoms with Gasteiger partial charge in [-0.25, -0.2) is 4.39 Å². The van der Waals surface area contributed by atoms with Crippen LogP contribution in [0.1, 0.15) is 18.9 Å². The molecule has 1 saturated heterocycles. The molecule has 1 aromatic rings. The molecular weight excluding hydrogens is 211 g/mol. The normalized spacial score (nSPS) is 29.4. The Bertz CT molecular complexity index is 394. The summed E-state index contributed by atoms with van der Waals surface area (Å²) in [6, 6.07) is 4.50. The zero-order chi connectivity index (χ0) is 11.8. The monoisotopic (exact) mass is 226 g/mol. The highest BCUT2D eigenvalue weighted by atomic mass is 19.1. The average molecular weight is 226 g/mol. The second kappa shape index (κ2) is 4.03. The minimum atomic E-state index is -1.09. The molecule has 2 unspecified atom stereocenters. The average Bonchev–Trinajstić information content (AvgIpc) is 2.60. The van der Waals surface area contributed by atoms with Crippen LogP contribution in [0.3, 0.4) is 0 Å². The maximum Gasteiger partial charge on any atom is 0.165 e. The summed E-state index contributed by atoms with van der Waals surface area (Å²) in [5.74, 6) is -0.286. The molecule has 1 aliphatic rings. The fourth-order valence-electron chi connectivity index (χ4n) is 2.05. The Balaban J connectivity index is 2.37. The van der Waals surface area contributed by atoms with Crippen molar-refractivity contribution in [2.45, 2.75) is 25.0 Å². The molecule has 0 spiro atoms. The standard InChI is InChI=1S/C12H15FO3/c1-8-12(14,5-6-16-8)9-3-4-11(15-2)10(13)7-9/h3-4,7-8,14H,5-6H2,1-2H3. The highest BCUT2D eigenvalue weighted by molar-refractivity contribution is 5.33. The minimum Gasteiger partial charge on any atom is -0.494 e. The highest BCUT2D eigenvalue weighted by Crippen LogP contribution is 2.37. The van der Waals surface area contributed by atoms with Crippen molar-refractivity contribution in [3.05, 3.63) is 29.6 Å². The molecule has 4 heteroatoms. The summed E-state index contributed by atoms with van der Waals surface area (Å²) in [5.41, 5.74) is -0.552. The molecule has 0 radical (unpaired) electrons. The van der Waals surface area contributed by atoms with E-state index >= 15 is 0 Å². The Morgan fingerprint density at radius 2 is 2.31 bits per heavy atom. The predicted octanol–water partition coefficient (Wildman–Crippen LogP) is 1.83. The highest BCUT2D eigenvalue weighted by Gasteiger charge is 2.41. The molecule has 2 rings (SSSR count).